The van der Waals surface area contributed by atoms with Crippen molar-refractivity contribution in [2.75, 3.05) is 5.32 Å². The Morgan fingerprint density at radius 3 is 2.56 bits per heavy atom. The van der Waals surface area contributed by atoms with Gasteiger partial charge in [-0.25, -0.2) is 0 Å². The zero-order chi connectivity index (χ0) is 19.1. The summed E-state index contributed by atoms with van der Waals surface area (Å²) in [5.41, 5.74) is 2.16. The molecule has 0 aromatic heterocycles. The molecule has 0 spiro atoms. The zero-order valence-corrected chi connectivity index (χ0v) is 16.1. The third-order valence-electron chi connectivity index (χ3n) is 4.63. The van der Waals surface area contributed by atoms with E-state index >= 15 is 0 Å². The first-order chi connectivity index (χ1) is 13.2. The Hall–Kier alpha value is -2.53. The highest BCUT2D eigenvalue weighted by atomic mass is 32.2. The van der Waals surface area contributed by atoms with Gasteiger partial charge in [0.15, 0.2) is 0 Å². The molecule has 4 nitrogen and oxygen atoms in total. The van der Waals surface area contributed by atoms with E-state index in [1.165, 1.54) is 31.8 Å². The summed E-state index contributed by atoms with van der Waals surface area (Å²) in [6, 6.07) is 15.3. The third-order valence-corrected chi connectivity index (χ3v) is 6.05. The van der Waals surface area contributed by atoms with E-state index < -0.39 is 0 Å². The first-order valence-corrected chi connectivity index (χ1v) is 10.1. The number of para-hydroxylation sites is 1. The number of hydrogen-bond donors (Lipinski definition) is 2. The number of amides is 2. The molecule has 1 fully saturated rings. The molecule has 1 aliphatic carbocycles. The molecule has 27 heavy (non-hydrogen) atoms. The summed E-state index contributed by atoms with van der Waals surface area (Å²) in [7, 11) is 0. The van der Waals surface area contributed by atoms with Gasteiger partial charge < -0.3 is 10.6 Å². The van der Waals surface area contributed by atoms with Crippen molar-refractivity contribution >= 4 is 29.3 Å². The summed E-state index contributed by atoms with van der Waals surface area (Å²) >= 11 is 1.85. The van der Waals surface area contributed by atoms with Crippen molar-refractivity contribution in [3.8, 4) is 0 Å². The highest BCUT2D eigenvalue weighted by molar-refractivity contribution is 8.00. The van der Waals surface area contributed by atoms with Crippen molar-refractivity contribution in [3.05, 3.63) is 72.3 Å². The second-order valence-corrected chi connectivity index (χ2v) is 7.90. The topological polar surface area (TPSA) is 58.2 Å². The van der Waals surface area contributed by atoms with Crippen LogP contribution in [0.25, 0.3) is 0 Å². The Labute approximate surface area is 164 Å². The Morgan fingerprint density at radius 1 is 1.07 bits per heavy atom. The van der Waals surface area contributed by atoms with E-state index in [-0.39, 0.29) is 18.4 Å². The monoisotopic (exact) mass is 380 g/mol. The second kappa shape index (κ2) is 9.42. The molecule has 0 aliphatic heterocycles. The molecule has 0 atom stereocenters. The van der Waals surface area contributed by atoms with E-state index in [0.717, 1.165) is 16.1 Å². The van der Waals surface area contributed by atoms with Gasteiger partial charge in [0.25, 0.3) is 5.91 Å². The Morgan fingerprint density at radius 2 is 1.78 bits per heavy atom. The van der Waals surface area contributed by atoms with Crippen LogP contribution in [0.4, 0.5) is 5.69 Å². The second-order valence-electron chi connectivity index (χ2n) is 6.55. The Balaban J connectivity index is 1.74. The molecule has 3 rings (SSSR count). The number of thioether (sulfide) groups is 1. The lowest BCUT2D eigenvalue weighted by Crippen LogP contribution is -2.23. The molecule has 1 saturated carbocycles. The summed E-state index contributed by atoms with van der Waals surface area (Å²) < 4.78 is 0. The fraction of sp³-hybridized carbons (Fsp3) is 0.273. The molecule has 0 heterocycles. The number of nitrogens with one attached hydrogen (secondary N) is 2. The first kappa shape index (κ1) is 19.2. The number of hydrogen-bond acceptors (Lipinski definition) is 3. The predicted molar refractivity (Wildman–Crippen MR) is 111 cm³/mol. The van der Waals surface area contributed by atoms with Crippen LogP contribution in [0, 0.1) is 0 Å². The van der Waals surface area contributed by atoms with Crippen LogP contribution < -0.4 is 10.6 Å². The van der Waals surface area contributed by atoms with Gasteiger partial charge in [-0.2, -0.15) is 0 Å². The quantitative estimate of drug-likeness (QED) is 0.680. The molecule has 5 heteroatoms. The predicted octanol–water partition coefficient (Wildman–Crippen LogP) is 4.78. The van der Waals surface area contributed by atoms with Crippen LogP contribution in [0.3, 0.4) is 0 Å². The standard InChI is InChI=1S/C22H24N2O2S/c1-2-21(25)23-15-16-9-3-6-12-18(16)22(26)24-19-13-7-8-14-20(19)27-17-10-4-5-11-17/h2-3,6-9,12-14,17H,1,4-5,10-11,15H2,(H,23,25)(H,24,26). The SMILES string of the molecule is C=CC(=O)NCc1ccccc1C(=O)Nc1ccccc1SC1CCCC1. The van der Waals surface area contributed by atoms with Gasteiger partial charge in [-0.1, -0.05) is 49.8 Å². The van der Waals surface area contributed by atoms with Gasteiger partial charge in [-0.05, 0) is 42.7 Å². The van der Waals surface area contributed by atoms with Crippen LogP contribution in [0.1, 0.15) is 41.6 Å². The average molecular weight is 381 g/mol. The highest BCUT2D eigenvalue weighted by Gasteiger charge is 2.19. The van der Waals surface area contributed by atoms with Gasteiger partial charge in [-0.3, -0.25) is 9.59 Å². The van der Waals surface area contributed by atoms with Crippen molar-refractivity contribution in [2.24, 2.45) is 0 Å². The first-order valence-electron chi connectivity index (χ1n) is 9.22. The van der Waals surface area contributed by atoms with Crippen LogP contribution in [0.15, 0.2) is 66.1 Å². The van der Waals surface area contributed by atoms with Crippen LogP contribution in [-0.4, -0.2) is 17.1 Å². The van der Waals surface area contributed by atoms with E-state index in [4.69, 9.17) is 0 Å². The fourth-order valence-electron chi connectivity index (χ4n) is 3.20. The van der Waals surface area contributed by atoms with Crippen LogP contribution >= 0.6 is 11.8 Å². The van der Waals surface area contributed by atoms with Gasteiger partial charge >= 0.3 is 0 Å². The summed E-state index contributed by atoms with van der Waals surface area (Å²) in [4.78, 5) is 25.4. The lowest BCUT2D eigenvalue weighted by molar-refractivity contribution is -0.116. The van der Waals surface area contributed by atoms with Crippen LogP contribution in [0.2, 0.25) is 0 Å². The van der Waals surface area contributed by atoms with E-state index in [0.29, 0.717) is 10.8 Å². The molecule has 0 unspecified atom stereocenters. The number of rotatable bonds is 7. The Kier molecular flexibility index (Phi) is 6.71. The number of anilines is 1. The summed E-state index contributed by atoms with van der Waals surface area (Å²) in [6.45, 7) is 3.73. The number of benzene rings is 2. The molecule has 0 saturated heterocycles. The summed E-state index contributed by atoms with van der Waals surface area (Å²) in [6.07, 6.45) is 6.27. The molecule has 0 bridgehead atoms. The lowest BCUT2D eigenvalue weighted by atomic mass is 10.1. The number of carbonyl (C=O) groups is 2. The maximum Gasteiger partial charge on any atom is 0.256 e. The van der Waals surface area contributed by atoms with Crippen LogP contribution in [-0.2, 0) is 11.3 Å². The molecular weight excluding hydrogens is 356 g/mol. The van der Waals surface area contributed by atoms with Crippen LogP contribution in [0.5, 0.6) is 0 Å². The zero-order valence-electron chi connectivity index (χ0n) is 15.2. The fourth-order valence-corrected chi connectivity index (χ4v) is 4.53. The Bertz CT molecular complexity index is 829. The number of carbonyl (C=O) groups excluding carboxylic acids is 2. The molecular formula is C22H24N2O2S. The van der Waals surface area contributed by atoms with Crippen molar-refractivity contribution in [1.82, 2.24) is 5.32 Å². The van der Waals surface area contributed by atoms with Gasteiger partial charge in [0.1, 0.15) is 0 Å². The lowest BCUT2D eigenvalue weighted by Gasteiger charge is -2.15. The molecule has 0 radical (unpaired) electrons. The minimum atomic E-state index is -0.261. The van der Waals surface area contributed by atoms with E-state index in [1.807, 2.05) is 48.2 Å². The average Bonchev–Trinajstić information content (AvgIpc) is 3.21. The van der Waals surface area contributed by atoms with E-state index in [9.17, 15) is 9.59 Å². The van der Waals surface area contributed by atoms with Crippen molar-refractivity contribution in [3.63, 3.8) is 0 Å². The van der Waals surface area contributed by atoms with Gasteiger partial charge in [0.05, 0.1) is 5.69 Å². The minimum Gasteiger partial charge on any atom is -0.348 e. The van der Waals surface area contributed by atoms with Crippen molar-refractivity contribution in [1.29, 1.82) is 0 Å². The van der Waals surface area contributed by atoms with Gasteiger partial charge in [0.2, 0.25) is 5.91 Å². The van der Waals surface area contributed by atoms with E-state index in [2.05, 4.69) is 23.3 Å². The smallest absolute Gasteiger partial charge is 0.256 e. The van der Waals surface area contributed by atoms with Crippen molar-refractivity contribution < 1.29 is 9.59 Å². The normalized spacial score (nSPS) is 13.9. The summed E-state index contributed by atoms with van der Waals surface area (Å²) in [5.74, 6) is -0.429. The van der Waals surface area contributed by atoms with E-state index in [1.54, 1.807) is 6.07 Å². The van der Waals surface area contributed by atoms with Gasteiger partial charge in [0, 0.05) is 22.3 Å². The molecule has 2 amide bonds. The maximum atomic E-state index is 12.9. The molecule has 1 aliphatic rings. The largest absolute Gasteiger partial charge is 0.348 e. The highest BCUT2D eigenvalue weighted by Crippen LogP contribution is 2.38. The molecule has 140 valence electrons. The molecule has 2 aromatic rings. The third kappa shape index (κ3) is 5.23. The van der Waals surface area contributed by atoms with Crippen molar-refractivity contribution in [2.45, 2.75) is 42.4 Å². The molecule has 2 aromatic carbocycles. The minimum absolute atomic E-state index is 0.169. The maximum absolute atomic E-state index is 12.9. The summed E-state index contributed by atoms with van der Waals surface area (Å²) in [5, 5.41) is 6.41. The molecule has 2 N–H and O–H groups in total. The van der Waals surface area contributed by atoms with Gasteiger partial charge in [-0.15, -0.1) is 11.8 Å².